The number of benzene rings is 3. The lowest BCUT2D eigenvalue weighted by Gasteiger charge is -2.36. The van der Waals surface area contributed by atoms with Gasteiger partial charge in [-0.2, -0.15) is 0 Å². The number of ether oxygens (including phenoxy) is 4. The number of aliphatic carboxylic acids is 1. The Balaban J connectivity index is 0.000000176. The van der Waals surface area contributed by atoms with E-state index in [4.69, 9.17) is 39.0 Å². The number of nitrogens with zero attached hydrogens (tertiary/aromatic N) is 7. The van der Waals surface area contributed by atoms with Crippen molar-refractivity contribution in [2.75, 3.05) is 51.4 Å². The first-order valence-corrected chi connectivity index (χ1v) is 31.0. The molecule has 464 valence electrons. The molecule has 0 bridgehead atoms. The molecule has 3 aromatic carbocycles. The van der Waals surface area contributed by atoms with Crippen LogP contribution in [0.5, 0.6) is 0 Å². The van der Waals surface area contributed by atoms with Crippen LogP contribution in [-0.2, 0) is 54.7 Å². The van der Waals surface area contributed by atoms with Gasteiger partial charge in [0.1, 0.15) is 46.8 Å². The van der Waals surface area contributed by atoms with E-state index in [9.17, 15) is 41.1 Å². The van der Waals surface area contributed by atoms with Crippen LogP contribution < -0.4 is 16.0 Å². The van der Waals surface area contributed by atoms with Gasteiger partial charge in [-0.1, -0.05) is 52.3 Å². The molecule has 4 atom stereocenters. The number of aliphatic imine (C=N–C) groups is 3. The summed E-state index contributed by atoms with van der Waals surface area (Å²) in [5.74, 6) is -5.97. The number of aromatic nitrogens is 3. The van der Waals surface area contributed by atoms with Crippen LogP contribution in [-0.4, -0.2) is 130 Å². The van der Waals surface area contributed by atoms with Gasteiger partial charge in [-0.25, -0.2) is 71.1 Å². The highest BCUT2D eigenvalue weighted by Gasteiger charge is 2.51. The van der Waals surface area contributed by atoms with E-state index in [1.54, 1.807) is 82.9 Å². The third-order valence-electron chi connectivity index (χ3n) is 14.1. The molecule has 6 aromatic rings. The van der Waals surface area contributed by atoms with Crippen molar-refractivity contribution < 1.29 is 65.2 Å². The molecule has 0 aliphatic carbocycles. The molecule has 1 fully saturated rings. The summed E-state index contributed by atoms with van der Waals surface area (Å²) in [7, 11) is 0. The van der Waals surface area contributed by atoms with Gasteiger partial charge in [0.15, 0.2) is 32.5 Å². The molecule has 1 unspecified atom stereocenters. The second-order valence-corrected chi connectivity index (χ2v) is 23.4. The molecule has 7 heterocycles. The molecule has 3 aromatic heterocycles. The predicted octanol–water partition coefficient (Wildman–Crippen LogP) is 9.93. The molecule has 0 radical (unpaired) electrons. The van der Waals surface area contributed by atoms with E-state index in [1.807, 2.05) is 24.6 Å². The monoisotopic (exact) mass is 1330 g/mol. The van der Waals surface area contributed by atoms with Crippen LogP contribution in [0.2, 0.25) is 0 Å². The number of allylic oxidation sites excluding steroid dienone is 2. The number of hydrogen-bond acceptors (Lipinski definition) is 21. The summed E-state index contributed by atoms with van der Waals surface area (Å²) in [6.07, 6.45) is 3.33. The molecule has 4 aliphatic heterocycles. The normalized spacial score (nSPS) is 21.4. The summed E-state index contributed by atoms with van der Waals surface area (Å²) >= 11 is 7.62. The molecule has 4 aliphatic rings. The van der Waals surface area contributed by atoms with Crippen molar-refractivity contribution in [1.82, 2.24) is 35.8 Å². The van der Waals surface area contributed by atoms with Gasteiger partial charge in [0.05, 0.1) is 43.1 Å². The minimum atomic E-state index is -3.30. The molecule has 0 amide bonds. The Morgan fingerprint density at radius 3 is 1.33 bits per heavy atom. The fourth-order valence-corrected chi connectivity index (χ4v) is 12.3. The highest BCUT2D eigenvalue weighted by Crippen LogP contribution is 2.43. The zero-order chi connectivity index (χ0) is 63.6. The number of likely N-dealkylation sites (tertiary alicyclic amines) is 1. The van der Waals surface area contributed by atoms with Crippen LogP contribution in [0.4, 0.5) is 22.0 Å². The third kappa shape index (κ3) is 14.8. The van der Waals surface area contributed by atoms with Gasteiger partial charge >= 0.3 is 23.9 Å². The lowest BCUT2D eigenvalue weighted by Crippen LogP contribution is -2.45. The number of nitrogens with one attached hydrogen (secondary N) is 3. The number of hydrogen-bond donors (Lipinski definition) is 4. The van der Waals surface area contributed by atoms with Gasteiger partial charge in [-0.05, 0) is 102 Å². The molecule has 10 rings (SSSR count). The van der Waals surface area contributed by atoms with Crippen LogP contribution in [0.25, 0.3) is 0 Å². The zero-order valence-electron chi connectivity index (χ0n) is 48.5. The lowest BCUT2D eigenvalue weighted by atomic mass is 9.82. The molecule has 0 saturated carbocycles. The number of carboxylic acid groups (broad SMARTS) is 1. The molecule has 4 N–H and O–H groups in total. The first-order valence-electron chi connectivity index (χ1n) is 27.3. The first kappa shape index (κ1) is 66.1. The summed E-state index contributed by atoms with van der Waals surface area (Å²) in [5.41, 5.74) is 0.918. The van der Waals surface area contributed by atoms with E-state index >= 15 is 0 Å². The van der Waals surface area contributed by atoms with Crippen molar-refractivity contribution in [1.29, 1.82) is 0 Å². The predicted molar refractivity (Wildman–Crippen MR) is 326 cm³/mol. The third-order valence-corrected chi connectivity index (χ3v) is 17.0. The van der Waals surface area contributed by atoms with Crippen LogP contribution in [0.3, 0.4) is 0 Å². The summed E-state index contributed by atoms with van der Waals surface area (Å²) in [4.78, 5) is 77.9. The van der Waals surface area contributed by atoms with E-state index < -0.39 is 71.5 Å². The quantitative estimate of drug-likeness (QED) is 0.0271. The fourth-order valence-electron chi connectivity index (χ4n) is 10.1. The lowest BCUT2D eigenvalue weighted by molar-refractivity contribution is -0.153. The second kappa shape index (κ2) is 28.5. The van der Waals surface area contributed by atoms with Crippen molar-refractivity contribution >= 4 is 91.3 Å². The minimum Gasteiger partial charge on any atom is -0.480 e. The standard InChI is InChI=1S/C24H25F3N4O5S.C18H17BrFN3O2S.C18H18FN3O2S/c1-3-35-22(34)19-16(10-31-11-17(24(26,27)13-31)36-12-18(32)33)29-20(21-28-8-9-37-21)30-23(19,2)14-4-6-15(25)7-5-14;1-3-25-17(24)14-13(10-19)22-15(16-21-8-9-26-16)23-18(14,2)11-4-6-12(20)7-5-11;1-4-24-17(23)14-11(2)21-15(16-20-9-10-25-16)22-18(14,3)12-5-7-13(19)8-6-12/h4-9,17H,3,10-13H2,1-2H3,(H,29,30)(H,32,33);4-9H,3,10H2,1-2H3,(H,22,23);5-10H,4H2,1-3H3,(H,21,22)/t17?,23-;2*18-/m111/s1. The zero-order valence-corrected chi connectivity index (χ0v) is 52.5. The maximum absolute atomic E-state index is 14.6. The minimum absolute atomic E-state index is 0.0606. The summed E-state index contributed by atoms with van der Waals surface area (Å²) in [6.45, 7) is 10.9. The molecule has 1 saturated heterocycles. The van der Waals surface area contributed by atoms with Gasteiger partial charge in [0, 0.05) is 70.2 Å². The average Bonchev–Trinajstić information content (AvgIpc) is 2.33. The van der Waals surface area contributed by atoms with Crippen LogP contribution >= 0.6 is 49.9 Å². The maximum atomic E-state index is 14.6. The highest BCUT2D eigenvalue weighted by molar-refractivity contribution is 9.09. The van der Waals surface area contributed by atoms with Gasteiger partial charge in [0.25, 0.3) is 5.92 Å². The summed E-state index contributed by atoms with van der Waals surface area (Å²) in [5, 5.41) is 26.0. The molecule has 19 nitrogen and oxygen atoms in total. The Kier molecular flexibility index (Phi) is 21.4. The fraction of sp³-hybridized carbons (Fsp3) is 0.333. The topological polar surface area (TPSA) is 241 Å². The molecule has 28 heteroatoms. The second-order valence-electron chi connectivity index (χ2n) is 20.1. The number of amidine groups is 3. The summed E-state index contributed by atoms with van der Waals surface area (Å²) in [6, 6.07) is 17.5. The van der Waals surface area contributed by atoms with Crippen LogP contribution in [0.1, 0.15) is 80.2 Å². The van der Waals surface area contributed by atoms with Crippen LogP contribution in [0, 0.1) is 17.5 Å². The van der Waals surface area contributed by atoms with Crippen molar-refractivity contribution in [3.05, 3.63) is 191 Å². The average molecular weight is 1340 g/mol. The van der Waals surface area contributed by atoms with Gasteiger partial charge in [-0.3, -0.25) is 4.90 Å². The largest absolute Gasteiger partial charge is 0.480 e. The number of carboxylic acids is 1. The number of thiazole rings is 3. The molecular formula is C60H60BrF5N10O9S3. The van der Waals surface area contributed by atoms with E-state index in [0.29, 0.717) is 72.1 Å². The Labute approximate surface area is 523 Å². The Bertz CT molecular complexity index is 3680. The summed E-state index contributed by atoms with van der Waals surface area (Å²) < 4.78 is 90.6. The van der Waals surface area contributed by atoms with Gasteiger partial charge in [0.2, 0.25) is 0 Å². The maximum Gasteiger partial charge on any atom is 0.338 e. The number of rotatable bonds is 18. The molecular weight excluding hydrogens is 1280 g/mol. The SMILES string of the molecule is CCOC(=O)C1=C(C)NC(c2nccs2)=N[C@]1(C)c1ccc(F)cc1.CCOC(=O)C1=C(CBr)NC(c2nccs2)=N[C@]1(C)c1ccc(F)cc1.CCOC(=O)C1=C(CN2CC(OCC(=O)O)C(F)(F)C2)NC(c2nccs2)=N[C@]1(C)c1ccc(F)cc1. The van der Waals surface area contributed by atoms with Gasteiger partial charge in [-0.15, -0.1) is 34.0 Å². The number of esters is 3. The first-order chi connectivity index (χ1) is 42.0. The number of halogens is 6. The Hall–Kier alpha value is -7.89. The van der Waals surface area contributed by atoms with E-state index in [-0.39, 0.29) is 55.8 Å². The van der Waals surface area contributed by atoms with Crippen molar-refractivity contribution in [3.63, 3.8) is 0 Å². The van der Waals surface area contributed by atoms with Crippen molar-refractivity contribution in [2.45, 2.75) is 77.1 Å². The molecule has 0 spiro atoms. The highest BCUT2D eigenvalue weighted by atomic mass is 79.9. The van der Waals surface area contributed by atoms with Crippen molar-refractivity contribution in [3.8, 4) is 0 Å². The van der Waals surface area contributed by atoms with E-state index in [0.717, 1.165) is 5.01 Å². The Morgan fingerprint density at radius 2 is 0.966 bits per heavy atom. The van der Waals surface area contributed by atoms with Crippen LogP contribution in [0.15, 0.2) is 156 Å². The smallest absolute Gasteiger partial charge is 0.338 e. The number of carbonyl (C=O) groups excluding carboxylic acids is 3. The number of carbonyl (C=O) groups is 4. The van der Waals surface area contributed by atoms with E-state index in [2.05, 4.69) is 46.8 Å². The van der Waals surface area contributed by atoms with Crippen molar-refractivity contribution in [2.24, 2.45) is 15.0 Å². The molecule has 88 heavy (non-hydrogen) atoms. The van der Waals surface area contributed by atoms with E-state index in [1.165, 1.54) is 87.4 Å². The number of alkyl halides is 3. The van der Waals surface area contributed by atoms with Gasteiger partial charge < -0.3 is 40.0 Å². The Morgan fingerprint density at radius 1 is 0.602 bits per heavy atom.